The summed E-state index contributed by atoms with van der Waals surface area (Å²) in [6.07, 6.45) is 0. The Kier molecular flexibility index (Phi) is 4.10. The molecule has 19 heavy (non-hydrogen) atoms. The van der Waals surface area contributed by atoms with Crippen LogP contribution in [-0.2, 0) is 13.1 Å². The zero-order valence-corrected chi connectivity index (χ0v) is 11.8. The van der Waals surface area contributed by atoms with E-state index in [1.807, 2.05) is 13.8 Å². The van der Waals surface area contributed by atoms with E-state index < -0.39 is 0 Å². The molecule has 0 saturated heterocycles. The number of urea groups is 1. The smallest absolute Gasteiger partial charge is 0.315 e. The number of aryl methyl sites for hydroxylation is 3. The highest BCUT2D eigenvalue weighted by molar-refractivity contribution is 7.11. The van der Waals surface area contributed by atoms with Crippen molar-refractivity contribution < 1.29 is 9.32 Å². The van der Waals surface area contributed by atoms with Crippen LogP contribution < -0.4 is 10.6 Å². The lowest BCUT2D eigenvalue weighted by Gasteiger charge is -2.04. The Morgan fingerprint density at radius 2 is 1.95 bits per heavy atom. The van der Waals surface area contributed by atoms with Gasteiger partial charge in [0.15, 0.2) is 5.82 Å². The Balaban J connectivity index is 1.77. The van der Waals surface area contributed by atoms with Gasteiger partial charge in [0.05, 0.1) is 23.8 Å². The van der Waals surface area contributed by atoms with Gasteiger partial charge in [0.25, 0.3) is 0 Å². The van der Waals surface area contributed by atoms with Crippen LogP contribution in [-0.4, -0.2) is 21.2 Å². The first kappa shape index (κ1) is 13.5. The first-order valence-electron chi connectivity index (χ1n) is 5.78. The topological polar surface area (TPSA) is 92.9 Å². The fourth-order valence-corrected chi connectivity index (χ4v) is 2.41. The van der Waals surface area contributed by atoms with Gasteiger partial charge in [-0.15, -0.1) is 11.3 Å². The summed E-state index contributed by atoms with van der Waals surface area (Å²) >= 11 is 1.58. The fraction of sp³-hybridized carbons (Fsp3) is 0.455. The number of rotatable bonds is 4. The lowest BCUT2D eigenvalue weighted by Crippen LogP contribution is -2.34. The number of thiazole rings is 1. The van der Waals surface area contributed by atoms with Gasteiger partial charge >= 0.3 is 6.03 Å². The van der Waals surface area contributed by atoms with Gasteiger partial charge in [0, 0.05) is 11.8 Å². The summed E-state index contributed by atoms with van der Waals surface area (Å²) in [4.78, 5) is 20.9. The second-order valence-electron chi connectivity index (χ2n) is 4.01. The molecule has 0 spiro atoms. The van der Waals surface area contributed by atoms with Crippen LogP contribution in [0.5, 0.6) is 0 Å². The lowest BCUT2D eigenvalue weighted by molar-refractivity contribution is 0.240. The number of hydrogen-bond acceptors (Lipinski definition) is 6. The third kappa shape index (κ3) is 3.75. The van der Waals surface area contributed by atoms with Crippen molar-refractivity contribution in [1.29, 1.82) is 0 Å². The molecular weight excluding hydrogens is 266 g/mol. The molecule has 0 aliphatic rings. The highest BCUT2D eigenvalue weighted by atomic mass is 32.1. The first-order valence-corrected chi connectivity index (χ1v) is 6.60. The van der Waals surface area contributed by atoms with Gasteiger partial charge in [0.1, 0.15) is 0 Å². The van der Waals surface area contributed by atoms with Crippen LogP contribution in [0.1, 0.15) is 27.3 Å². The molecule has 0 radical (unpaired) electrons. The van der Waals surface area contributed by atoms with Crippen molar-refractivity contribution in [2.45, 2.75) is 33.9 Å². The maximum Gasteiger partial charge on any atom is 0.315 e. The van der Waals surface area contributed by atoms with E-state index in [1.165, 1.54) is 0 Å². The maximum atomic E-state index is 11.6. The number of aromatic nitrogens is 3. The zero-order valence-electron chi connectivity index (χ0n) is 11.0. The third-order valence-corrected chi connectivity index (χ3v) is 3.46. The lowest BCUT2D eigenvalue weighted by atomic mass is 10.4. The van der Waals surface area contributed by atoms with Gasteiger partial charge in [-0.3, -0.25) is 0 Å². The third-order valence-electron chi connectivity index (χ3n) is 2.39. The molecular formula is C11H15N5O2S. The van der Waals surface area contributed by atoms with Crippen molar-refractivity contribution in [2.24, 2.45) is 0 Å². The number of carbonyl (C=O) groups is 1. The molecule has 0 atom stereocenters. The average Bonchev–Trinajstić information content (AvgIpc) is 2.90. The van der Waals surface area contributed by atoms with Gasteiger partial charge in [-0.25, -0.2) is 9.78 Å². The van der Waals surface area contributed by atoms with Gasteiger partial charge in [-0.1, -0.05) is 5.16 Å². The van der Waals surface area contributed by atoms with Crippen molar-refractivity contribution in [2.75, 3.05) is 0 Å². The molecule has 102 valence electrons. The molecule has 0 saturated carbocycles. The molecule has 8 heteroatoms. The molecule has 2 amide bonds. The van der Waals surface area contributed by atoms with E-state index in [0.29, 0.717) is 18.3 Å². The van der Waals surface area contributed by atoms with Crippen molar-refractivity contribution in [3.63, 3.8) is 0 Å². The molecule has 2 N–H and O–H groups in total. The summed E-state index contributed by atoms with van der Waals surface area (Å²) in [6.45, 7) is 6.28. The Hall–Kier alpha value is -1.96. The quantitative estimate of drug-likeness (QED) is 0.884. The SMILES string of the molecule is Cc1nc(CNC(=O)NCc2sc(C)nc2C)no1. The fourth-order valence-electron chi connectivity index (χ4n) is 1.53. The number of nitrogens with one attached hydrogen (secondary N) is 2. The molecule has 0 aliphatic carbocycles. The number of carbonyl (C=O) groups excluding carboxylic acids is 1. The summed E-state index contributed by atoms with van der Waals surface area (Å²) in [7, 11) is 0. The maximum absolute atomic E-state index is 11.6. The van der Waals surface area contributed by atoms with Crippen LogP contribution >= 0.6 is 11.3 Å². The number of amides is 2. The molecule has 0 unspecified atom stereocenters. The summed E-state index contributed by atoms with van der Waals surface area (Å²) < 4.78 is 4.81. The van der Waals surface area contributed by atoms with E-state index >= 15 is 0 Å². The summed E-state index contributed by atoms with van der Waals surface area (Å²) in [5.74, 6) is 0.936. The van der Waals surface area contributed by atoms with E-state index in [0.717, 1.165) is 15.6 Å². The number of nitrogens with zero attached hydrogens (tertiary/aromatic N) is 3. The Labute approximate surface area is 114 Å². The molecule has 2 rings (SSSR count). The van der Waals surface area contributed by atoms with Crippen LogP contribution in [0.3, 0.4) is 0 Å². The number of hydrogen-bond donors (Lipinski definition) is 2. The second kappa shape index (κ2) is 5.79. The summed E-state index contributed by atoms with van der Waals surface area (Å²) in [5, 5.41) is 10.1. The summed E-state index contributed by atoms with van der Waals surface area (Å²) in [6, 6.07) is -0.270. The highest BCUT2D eigenvalue weighted by Gasteiger charge is 2.08. The molecule has 2 aromatic heterocycles. The van der Waals surface area contributed by atoms with Gasteiger partial charge < -0.3 is 15.2 Å². The van der Waals surface area contributed by atoms with Crippen LogP contribution in [0.25, 0.3) is 0 Å². The van der Waals surface area contributed by atoms with Gasteiger partial charge in [-0.2, -0.15) is 4.98 Å². The van der Waals surface area contributed by atoms with E-state index in [2.05, 4.69) is 25.8 Å². The van der Waals surface area contributed by atoms with E-state index in [-0.39, 0.29) is 12.6 Å². The summed E-state index contributed by atoms with van der Waals surface area (Å²) in [5.41, 5.74) is 0.955. The Morgan fingerprint density at radius 3 is 2.53 bits per heavy atom. The predicted molar refractivity (Wildman–Crippen MR) is 69.7 cm³/mol. The minimum atomic E-state index is -0.270. The first-order chi connectivity index (χ1) is 9.04. The van der Waals surface area contributed by atoms with E-state index in [1.54, 1.807) is 18.3 Å². The minimum absolute atomic E-state index is 0.240. The average molecular weight is 281 g/mol. The Morgan fingerprint density at radius 1 is 1.21 bits per heavy atom. The van der Waals surface area contributed by atoms with Crippen molar-refractivity contribution in [3.05, 3.63) is 27.3 Å². The van der Waals surface area contributed by atoms with E-state index in [4.69, 9.17) is 4.52 Å². The highest BCUT2D eigenvalue weighted by Crippen LogP contribution is 2.16. The van der Waals surface area contributed by atoms with Crippen LogP contribution in [0.4, 0.5) is 4.79 Å². The molecule has 0 aliphatic heterocycles. The molecule has 2 heterocycles. The largest absolute Gasteiger partial charge is 0.340 e. The van der Waals surface area contributed by atoms with Crippen molar-refractivity contribution in [1.82, 2.24) is 25.8 Å². The predicted octanol–water partition coefficient (Wildman–Crippen LogP) is 1.45. The molecule has 7 nitrogen and oxygen atoms in total. The Bertz CT molecular complexity index is 577. The van der Waals surface area contributed by atoms with Crippen LogP contribution in [0, 0.1) is 20.8 Å². The van der Waals surface area contributed by atoms with Crippen molar-refractivity contribution in [3.8, 4) is 0 Å². The van der Waals surface area contributed by atoms with Gasteiger partial charge in [-0.05, 0) is 13.8 Å². The zero-order chi connectivity index (χ0) is 13.8. The molecule has 2 aromatic rings. The van der Waals surface area contributed by atoms with Crippen molar-refractivity contribution >= 4 is 17.4 Å². The second-order valence-corrected chi connectivity index (χ2v) is 5.30. The van der Waals surface area contributed by atoms with Gasteiger partial charge in [0.2, 0.25) is 5.89 Å². The molecule has 0 bridgehead atoms. The molecule has 0 aromatic carbocycles. The standard InChI is InChI=1S/C11H15N5O2S/c1-6-9(19-8(3)14-6)4-12-11(17)13-5-10-15-7(2)18-16-10/h4-5H2,1-3H3,(H2,12,13,17). The monoisotopic (exact) mass is 281 g/mol. The van der Waals surface area contributed by atoms with E-state index in [9.17, 15) is 4.79 Å². The minimum Gasteiger partial charge on any atom is -0.340 e. The van der Waals surface area contributed by atoms with Crippen LogP contribution in [0.2, 0.25) is 0 Å². The molecule has 0 fully saturated rings. The normalized spacial score (nSPS) is 10.5. The van der Waals surface area contributed by atoms with Crippen LogP contribution in [0.15, 0.2) is 4.52 Å².